The maximum absolute atomic E-state index is 10.5. The molecule has 0 heterocycles. The van der Waals surface area contributed by atoms with Crippen LogP contribution < -0.4 is 5.32 Å². The average Bonchev–Trinajstić information content (AvgIpc) is 2.24. The molecule has 0 aliphatic rings. The van der Waals surface area contributed by atoms with E-state index in [4.69, 9.17) is 9.66 Å². The van der Waals surface area contributed by atoms with Crippen molar-refractivity contribution in [2.45, 2.75) is 12.5 Å². The van der Waals surface area contributed by atoms with Gasteiger partial charge in [-0.05, 0) is 12.6 Å². The Labute approximate surface area is 106 Å². The van der Waals surface area contributed by atoms with Gasteiger partial charge in [-0.1, -0.05) is 30.3 Å². The van der Waals surface area contributed by atoms with Crippen molar-refractivity contribution < 1.29 is 22.9 Å². The molecule has 0 aliphatic carbocycles. The Bertz CT molecular complexity index is 450. The normalized spacial score (nSPS) is 12.2. The first-order valence-corrected chi connectivity index (χ1v) is 6.95. The quantitative estimate of drug-likeness (QED) is 0.706. The SMILES string of the molecule is CNC(CC(=O)O)c1ccccc1.CS(=O)(=O)O. The minimum Gasteiger partial charge on any atom is -0.481 e. The number of benzene rings is 1. The predicted molar refractivity (Wildman–Crippen MR) is 68.0 cm³/mol. The second kappa shape index (κ2) is 7.80. The van der Waals surface area contributed by atoms with Gasteiger partial charge in [0.2, 0.25) is 0 Å². The topological polar surface area (TPSA) is 104 Å². The Balaban J connectivity index is 0.000000494. The van der Waals surface area contributed by atoms with Gasteiger partial charge < -0.3 is 10.4 Å². The van der Waals surface area contributed by atoms with Crippen molar-refractivity contribution in [2.75, 3.05) is 13.3 Å². The molecule has 1 rings (SSSR count). The van der Waals surface area contributed by atoms with Crippen molar-refractivity contribution in [3.63, 3.8) is 0 Å². The molecule has 18 heavy (non-hydrogen) atoms. The summed E-state index contributed by atoms with van der Waals surface area (Å²) in [7, 11) is -1.90. The van der Waals surface area contributed by atoms with Gasteiger partial charge >= 0.3 is 5.97 Å². The lowest BCUT2D eigenvalue weighted by Crippen LogP contribution is -2.19. The molecule has 0 saturated carbocycles. The molecule has 7 heteroatoms. The van der Waals surface area contributed by atoms with Crippen LogP contribution in [0, 0.1) is 0 Å². The molecule has 102 valence electrons. The fourth-order valence-corrected chi connectivity index (χ4v) is 1.25. The van der Waals surface area contributed by atoms with Crippen LogP contribution in [0.1, 0.15) is 18.0 Å². The molecule has 3 N–H and O–H groups in total. The Hall–Kier alpha value is -1.44. The summed E-state index contributed by atoms with van der Waals surface area (Å²) in [6.07, 6.45) is 0.827. The van der Waals surface area contributed by atoms with E-state index in [1.54, 1.807) is 7.05 Å². The summed E-state index contributed by atoms with van der Waals surface area (Å²) in [6, 6.07) is 9.47. The number of rotatable bonds is 4. The number of hydrogen-bond acceptors (Lipinski definition) is 4. The largest absolute Gasteiger partial charge is 0.481 e. The van der Waals surface area contributed by atoms with Crippen LogP contribution in [0.5, 0.6) is 0 Å². The van der Waals surface area contributed by atoms with Crippen LogP contribution in [-0.2, 0) is 14.9 Å². The minimum absolute atomic E-state index is 0.0984. The third kappa shape index (κ3) is 9.76. The molecule has 6 nitrogen and oxygen atoms in total. The number of carboxylic acids is 1. The third-order valence-electron chi connectivity index (χ3n) is 1.93. The lowest BCUT2D eigenvalue weighted by Gasteiger charge is -2.13. The lowest BCUT2D eigenvalue weighted by atomic mass is 10.0. The molecule has 0 aliphatic heterocycles. The van der Waals surface area contributed by atoms with Crippen LogP contribution in [0.3, 0.4) is 0 Å². The molecule has 1 unspecified atom stereocenters. The molecule has 1 atom stereocenters. The Morgan fingerprint density at radius 2 is 1.78 bits per heavy atom. The van der Waals surface area contributed by atoms with Gasteiger partial charge in [0.1, 0.15) is 0 Å². The summed E-state index contributed by atoms with van der Waals surface area (Å²) >= 11 is 0. The van der Waals surface area contributed by atoms with E-state index in [-0.39, 0.29) is 12.5 Å². The van der Waals surface area contributed by atoms with E-state index in [0.29, 0.717) is 6.26 Å². The standard InChI is InChI=1S/C10H13NO2.CH4O3S/c1-11-9(7-10(12)13)8-5-3-2-4-6-8;1-5(2,3)4/h2-6,9,11H,7H2,1H3,(H,12,13);1H3,(H,2,3,4). The highest BCUT2D eigenvalue weighted by Crippen LogP contribution is 2.15. The third-order valence-corrected chi connectivity index (χ3v) is 1.93. The first-order valence-electron chi connectivity index (χ1n) is 5.10. The Morgan fingerprint density at radius 1 is 1.33 bits per heavy atom. The number of aliphatic carboxylic acids is 1. The zero-order valence-electron chi connectivity index (χ0n) is 10.2. The molecule has 0 bridgehead atoms. The Kier molecular flexibility index (Phi) is 7.18. The maximum atomic E-state index is 10.5. The van der Waals surface area contributed by atoms with E-state index in [0.717, 1.165) is 5.56 Å². The number of hydrogen-bond donors (Lipinski definition) is 3. The summed E-state index contributed by atoms with van der Waals surface area (Å²) in [5, 5.41) is 11.6. The lowest BCUT2D eigenvalue weighted by molar-refractivity contribution is -0.137. The van der Waals surface area contributed by atoms with E-state index in [9.17, 15) is 13.2 Å². The number of carboxylic acid groups (broad SMARTS) is 1. The maximum Gasteiger partial charge on any atom is 0.305 e. The fraction of sp³-hybridized carbons (Fsp3) is 0.364. The molecule has 0 radical (unpaired) electrons. The minimum atomic E-state index is -3.67. The first-order chi connectivity index (χ1) is 8.24. The monoisotopic (exact) mass is 275 g/mol. The van der Waals surface area contributed by atoms with Gasteiger partial charge in [0.25, 0.3) is 10.1 Å². The summed E-state index contributed by atoms with van der Waals surface area (Å²) in [5.74, 6) is -0.789. The van der Waals surface area contributed by atoms with Crippen LogP contribution in [0.25, 0.3) is 0 Å². The van der Waals surface area contributed by atoms with E-state index in [1.807, 2.05) is 30.3 Å². The molecule has 1 aromatic carbocycles. The summed E-state index contributed by atoms with van der Waals surface area (Å²) in [4.78, 5) is 10.5. The first kappa shape index (κ1) is 16.6. The van der Waals surface area contributed by atoms with E-state index in [1.165, 1.54) is 0 Å². The van der Waals surface area contributed by atoms with Gasteiger partial charge in [-0.25, -0.2) is 0 Å². The highest BCUT2D eigenvalue weighted by molar-refractivity contribution is 7.85. The van der Waals surface area contributed by atoms with E-state index >= 15 is 0 Å². The van der Waals surface area contributed by atoms with Crippen molar-refractivity contribution in [2.24, 2.45) is 0 Å². The fourth-order valence-electron chi connectivity index (χ4n) is 1.25. The van der Waals surface area contributed by atoms with Crippen molar-refractivity contribution in [3.05, 3.63) is 35.9 Å². The summed E-state index contributed by atoms with van der Waals surface area (Å²) in [5.41, 5.74) is 1.01. The molecule has 0 spiro atoms. The second-order valence-corrected chi connectivity index (χ2v) is 5.05. The zero-order valence-corrected chi connectivity index (χ0v) is 11.0. The zero-order chi connectivity index (χ0) is 14.2. The van der Waals surface area contributed by atoms with Crippen molar-refractivity contribution >= 4 is 16.1 Å². The highest BCUT2D eigenvalue weighted by Gasteiger charge is 2.11. The van der Waals surface area contributed by atoms with Crippen LogP contribution in [-0.4, -0.2) is 37.3 Å². The van der Waals surface area contributed by atoms with Crippen LogP contribution in [0.4, 0.5) is 0 Å². The van der Waals surface area contributed by atoms with E-state index in [2.05, 4.69) is 5.32 Å². The van der Waals surface area contributed by atoms with Crippen LogP contribution in [0.15, 0.2) is 30.3 Å². The van der Waals surface area contributed by atoms with Crippen LogP contribution in [0.2, 0.25) is 0 Å². The van der Waals surface area contributed by atoms with Gasteiger partial charge in [0.15, 0.2) is 0 Å². The molecule has 0 aromatic heterocycles. The van der Waals surface area contributed by atoms with Gasteiger partial charge in [-0.15, -0.1) is 0 Å². The molecule has 0 amide bonds. The average molecular weight is 275 g/mol. The summed E-state index contributed by atoms with van der Waals surface area (Å²) < 4.78 is 25.9. The molecule has 1 aromatic rings. The number of nitrogens with one attached hydrogen (secondary N) is 1. The highest BCUT2D eigenvalue weighted by atomic mass is 32.2. The number of carbonyl (C=O) groups is 1. The predicted octanol–water partition coefficient (Wildman–Crippen LogP) is 0.926. The smallest absolute Gasteiger partial charge is 0.305 e. The molecular weight excluding hydrogens is 258 g/mol. The Morgan fingerprint density at radius 3 is 2.11 bits per heavy atom. The second-order valence-electron chi connectivity index (χ2n) is 3.58. The van der Waals surface area contributed by atoms with Gasteiger partial charge in [-0.2, -0.15) is 8.42 Å². The summed E-state index contributed by atoms with van der Waals surface area (Å²) in [6.45, 7) is 0. The molecular formula is C11H17NO5S. The van der Waals surface area contributed by atoms with Gasteiger partial charge in [0, 0.05) is 6.04 Å². The van der Waals surface area contributed by atoms with Crippen molar-refractivity contribution in [1.82, 2.24) is 5.32 Å². The molecule has 0 saturated heterocycles. The molecule has 0 fully saturated rings. The van der Waals surface area contributed by atoms with Gasteiger partial charge in [0.05, 0.1) is 12.7 Å². The van der Waals surface area contributed by atoms with E-state index < -0.39 is 16.1 Å². The van der Waals surface area contributed by atoms with Crippen molar-refractivity contribution in [1.29, 1.82) is 0 Å². The van der Waals surface area contributed by atoms with Gasteiger partial charge in [-0.3, -0.25) is 9.35 Å². The van der Waals surface area contributed by atoms with Crippen molar-refractivity contribution in [3.8, 4) is 0 Å². The van der Waals surface area contributed by atoms with Crippen LogP contribution >= 0.6 is 0 Å².